The van der Waals surface area contributed by atoms with Crippen LogP contribution in [0.15, 0.2) is 66.7 Å². The number of carbonyl (C=O) groups is 3. The SMILES string of the molecule is COC(=O)c1ccc([C@H](C)NC(=O)[C@H]2CCCN2Cc2cc(OC)cc(-c3ccc(C(N)=O)cc3)c2)cc1. The topological polar surface area (TPSA) is 111 Å². The lowest BCUT2D eigenvalue weighted by atomic mass is 10.0. The highest BCUT2D eigenvalue weighted by Gasteiger charge is 2.31. The summed E-state index contributed by atoms with van der Waals surface area (Å²) >= 11 is 0. The van der Waals surface area contributed by atoms with Gasteiger partial charge in [-0.2, -0.15) is 0 Å². The molecular formula is C30H33N3O5. The van der Waals surface area contributed by atoms with Crippen LogP contribution in [0, 0.1) is 0 Å². The average Bonchev–Trinajstić information content (AvgIpc) is 3.40. The Morgan fingerprint density at radius 3 is 2.29 bits per heavy atom. The molecule has 198 valence electrons. The number of likely N-dealkylation sites (tertiary alicyclic amines) is 1. The van der Waals surface area contributed by atoms with Crippen LogP contribution in [-0.4, -0.2) is 49.5 Å². The summed E-state index contributed by atoms with van der Waals surface area (Å²) in [6, 6.07) is 19.8. The zero-order valence-electron chi connectivity index (χ0n) is 21.9. The number of amides is 2. The number of nitrogens with two attached hydrogens (primary N) is 1. The number of esters is 1. The summed E-state index contributed by atoms with van der Waals surface area (Å²) in [5.41, 5.74) is 10.1. The molecule has 4 rings (SSSR count). The minimum Gasteiger partial charge on any atom is -0.497 e. The molecule has 1 saturated heterocycles. The second-order valence-electron chi connectivity index (χ2n) is 9.48. The summed E-state index contributed by atoms with van der Waals surface area (Å²) in [6.07, 6.45) is 1.72. The van der Waals surface area contributed by atoms with Crippen molar-refractivity contribution in [3.8, 4) is 16.9 Å². The number of nitrogens with zero attached hydrogens (tertiary/aromatic N) is 1. The van der Waals surface area contributed by atoms with Gasteiger partial charge in [0.15, 0.2) is 0 Å². The van der Waals surface area contributed by atoms with Gasteiger partial charge in [-0.15, -0.1) is 0 Å². The molecule has 3 aromatic carbocycles. The summed E-state index contributed by atoms with van der Waals surface area (Å²) in [6.45, 7) is 3.35. The van der Waals surface area contributed by atoms with Gasteiger partial charge in [0.1, 0.15) is 5.75 Å². The Morgan fingerprint density at radius 2 is 1.66 bits per heavy atom. The van der Waals surface area contributed by atoms with Crippen LogP contribution in [0.4, 0.5) is 0 Å². The van der Waals surface area contributed by atoms with E-state index in [4.69, 9.17) is 15.2 Å². The molecule has 8 heteroatoms. The summed E-state index contributed by atoms with van der Waals surface area (Å²) in [4.78, 5) is 38.6. The van der Waals surface area contributed by atoms with E-state index in [0.717, 1.165) is 47.4 Å². The fourth-order valence-electron chi connectivity index (χ4n) is 4.83. The molecule has 2 atom stereocenters. The van der Waals surface area contributed by atoms with Crippen molar-refractivity contribution in [3.63, 3.8) is 0 Å². The molecule has 38 heavy (non-hydrogen) atoms. The van der Waals surface area contributed by atoms with Gasteiger partial charge < -0.3 is 20.5 Å². The van der Waals surface area contributed by atoms with Crippen molar-refractivity contribution in [2.45, 2.75) is 38.4 Å². The zero-order valence-corrected chi connectivity index (χ0v) is 21.9. The van der Waals surface area contributed by atoms with Crippen LogP contribution < -0.4 is 15.8 Å². The minimum atomic E-state index is -0.464. The highest BCUT2D eigenvalue weighted by molar-refractivity contribution is 5.93. The van der Waals surface area contributed by atoms with Crippen LogP contribution in [0.5, 0.6) is 5.75 Å². The number of ether oxygens (including phenoxy) is 2. The van der Waals surface area contributed by atoms with Crippen molar-refractivity contribution in [2.24, 2.45) is 5.73 Å². The van der Waals surface area contributed by atoms with Crippen LogP contribution in [0.25, 0.3) is 11.1 Å². The van der Waals surface area contributed by atoms with Crippen LogP contribution in [0.1, 0.15) is 57.7 Å². The number of benzene rings is 3. The normalized spacial score (nSPS) is 16.0. The molecule has 3 aromatic rings. The fourth-order valence-corrected chi connectivity index (χ4v) is 4.83. The molecule has 1 aliphatic rings. The third kappa shape index (κ3) is 6.20. The Bertz CT molecular complexity index is 1300. The molecule has 1 aliphatic heterocycles. The monoisotopic (exact) mass is 515 g/mol. The third-order valence-electron chi connectivity index (χ3n) is 6.95. The molecule has 1 heterocycles. The first-order valence-corrected chi connectivity index (χ1v) is 12.6. The summed E-state index contributed by atoms with van der Waals surface area (Å²) in [7, 11) is 2.98. The first-order valence-electron chi connectivity index (χ1n) is 12.6. The second kappa shape index (κ2) is 11.9. The van der Waals surface area contributed by atoms with Gasteiger partial charge in [-0.3, -0.25) is 14.5 Å². The van der Waals surface area contributed by atoms with Gasteiger partial charge in [0.2, 0.25) is 11.8 Å². The maximum absolute atomic E-state index is 13.3. The number of methoxy groups -OCH3 is 2. The van der Waals surface area contributed by atoms with Crippen LogP contribution >= 0.6 is 0 Å². The summed E-state index contributed by atoms with van der Waals surface area (Å²) in [5, 5.41) is 3.13. The molecular weight excluding hydrogens is 482 g/mol. The molecule has 8 nitrogen and oxygen atoms in total. The van der Waals surface area contributed by atoms with E-state index in [1.165, 1.54) is 7.11 Å². The van der Waals surface area contributed by atoms with Gasteiger partial charge in [-0.05, 0) is 91.0 Å². The van der Waals surface area contributed by atoms with Crippen molar-refractivity contribution in [1.29, 1.82) is 0 Å². The number of primary amides is 1. The average molecular weight is 516 g/mol. The molecule has 1 fully saturated rings. The van der Waals surface area contributed by atoms with Crippen molar-refractivity contribution in [3.05, 3.63) is 89.0 Å². The smallest absolute Gasteiger partial charge is 0.337 e. The van der Waals surface area contributed by atoms with E-state index in [9.17, 15) is 14.4 Å². The predicted molar refractivity (Wildman–Crippen MR) is 145 cm³/mol. The van der Waals surface area contributed by atoms with E-state index in [1.807, 2.05) is 43.3 Å². The zero-order chi connectivity index (χ0) is 27.2. The van der Waals surface area contributed by atoms with E-state index < -0.39 is 11.9 Å². The number of rotatable bonds is 9. The molecule has 2 amide bonds. The van der Waals surface area contributed by atoms with E-state index >= 15 is 0 Å². The standard InChI is InChI=1S/C30H33N3O5/c1-19(21-6-12-24(13-7-21)30(36)38-3)32-29(35)27-5-4-14-33(27)18-20-15-25(17-26(16-20)37-2)22-8-10-23(11-9-22)28(31)34/h6-13,15-17,19,27H,4-5,14,18H2,1-3H3,(H2,31,34)(H,32,35)/t19-,27+/m0/s1. The minimum absolute atomic E-state index is 0.0165. The van der Waals surface area contributed by atoms with Gasteiger partial charge in [0.05, 0.1) is 31.9 Å². The van der Waals surface area contributed by atoms with Crippen molar-refractivity contribution in [2.75, 3.05) is 20.8 Å². The largest absolute Gasteiger partial charge is 0.497 e. The van der Waals surface area contributed by atoms with Gasteiger partial charge in [0.25, 0.3) is 0 Å². The van der Waals surface area contributed by atoms with Crippen LogP contribution in [0.2, 0.25) is 0 Å². The number of hydrogen-bond acceptors (Lipinski definition) is 6. The van der Waals surface area contributed by atoms with E-state index in [-0.39, 0.29) is 18.0 Å². The quantitative estimate of drug-likeness (QED) is 0.415. The van der Waals surface area contributed by atoms with Crippen molar-refractivity contribution >= 4 is 17.8 Å². The Morgan fingerprint density at radius 1 is 0.974 bits per heavy atom. The number of hydrogen-bond donors (Lipinski definition) is 2. The van der Waals surface area contributed by atoms with Gasteiger partial charge in [0, 0.05) is 12.1 Å². The molecule has 0 aliphatic carbocycles. The Kier molecular flexibility index (Phi) is 8.43. The number of nitrogens with one attached hydrogen (secondary N) is 1. The van der Waals surface area contributed by atoms with E-state index in [0.29, 0.717) is 17.7 Å². The third-order valence-corrected chi connectivity index (χ3v) is 6.95. The van der Waals surface area contributed by atoms with Crippen molar-refractivity contribution in [1.82, 2.24) is 10.2 Å². The Labute approximate surface area is 222 Å². The summed E-state index contributed by atoms with van der Waals surface area (Å²) < 4.78 is 10.3. The lowest BCUT2D eigenvalue weighted by Crippen LogP contribution is -2.43. The maximum atomic E-state index is 13.3. The van der Waals surface area contributed by atoms with E-state index in [1.54, 1.807) is 31.4 Å². The Balaban J connectivity index is 1.46. The molecule has 0 saturated carbocycles. The predicted octanol–water partition coefficient (Wildman–Crippen LogP) is 4.09. The maximum Gasteiger partial charge on any atom is 0.337 e. The van der Waals surface area contributed by atoms with Gasteiger partial charge >= 0.3 is 5.97 Å². The molecule has 3 N–H and O–H groups in total. The first kappa shape index (κ1) is 26.9. The van der Waals surface area contributed by atoms with Gasteiger partial charge in [-0.25, -0.2) is 4.79 Å². The highest BCUT2D eigenvalue weighted by Crippen LogP contribution is 2.29. The Hall–Kier alpha value is -4.17. The number of carbonyl (C=O) groups excluding carboxylic acids is 3. The van der Waals surface area contributed by atoms with Crippen LogP contribution in [0.3, 0.4) is 0 Å². The highest BCUT2D eigenvalue weighted by atomic mass is 16.5. The van der Waals surface area contributed by atoms with Crippen molar-refractivity contribution < 1.29 is 23.9 Å². The lowest BCUT2D eigenvalue weighted by Gasteiger charge is -2.26. The second-order valence-corrected chi connectivity index (χ2v) is 9.48. The van der Waals surface area contributed by atoms with Crippen LogP contribution in [-0.2, 0) is 16.1 Å². The fraction of sp³-hybridized carbons (Fsp3) is 0.300. The van der Waals surface area contributed by atoms with Gasteiger partial charge in [-0.1, -0.05) is 24.3 Å². The first-order chi connectivity index (χ1) is 18.3. The molecule has 0 aromatic heterocycles. The molecule has 0 spiro atoms. The lowest BCUT2D eigenvalue weighted by molar-refractivity contribution is -0.126. The van der Waals surface area contributed by atoms with E-state index in [2.05, 4.69) is 16.3 Å². The summed E-state index contributed by atoms with van der Waals surface area (Å²) in [5.74, 6) is -0.148. The molecule has 0 unspecified atom stereocenters. The molecule has 0 bridgehead atoms. The molecule has 0 radical (unpaired) electrons.